The molecular weight excluding hydrogens is 380 g/mol. The average molecular weight is 408 g/mol. The Bertz CT molecular complexity index is 915. The maximum Gasteiger partial charge on any atom is 0.314 e. The number of carbonyl (C=O) groups is 2. The van der Waals surface area contributed by atoms with Crippen molar-refractivity contribution in [1.82, 2.24) is 4.90 Å². The monoisotopic (exact) mass is 408 g/mol. The molecule has 2 aliphatic rings. The number of amides is 2. The van der Waals surface area contributed by atoms with Gasteiger partial charge in [0.25, 0.3) is 0 Å². The van der Waals surface area contributed by atoms with Gasteiger partial charge in [0.2, 0.25) is 0 Å². The molecule has 0 radical (unpaired) electrons. The first-order valence-corrected chi connectivity index (χ1v) is 10.5. The summed E-state index contributed by atoms with van der Waals surface area (Å²) in [4.78, 5) is 26.6. The van der Waals surface area contributed by atoms with Gasteiger partial charge in [0, 0.05) is 25.4 Å². The molecule has 30 heavy (non-hydrogen) atoms. The number of hydrogen-bond acceptors (Lipinski definition) is 4. The highest BCUT2D eigenvalue weighted by Gasteiger charge is 2.37. The maximum absolute atomic E-state index is 13.3. The number of fused-ring (bicyclic) bond motifs is 1. The quantitative estimate of drug-likeness (QED) is 0.784. The van der Waals surface area contributed by atoms with Crippen LogP contribution in [-0.4, -0.2) is 43.2 Å². The Morgan fingerprint density at radius 2 is 1.87 bits per heavy atom. The number of primary amides is 1. The van der Waals surface area contributed by atoms with Crippen LogP contribution in [0.3, 0.4) is 0 Å². The van der Waals surface area contributed by atoms with Crippen LogP contribution in [0.5, 0.6) is 5.75 Å². The Morgan fingerprint density at radius 3 is 2.60 bits per heavy atom. The summed E-state index contributed by atoms with van der Waals surface area (Å²) in [7, 11) is 1.66. The van der Waals surface area contributed by atoms with Gasteiger partial charge >= 0.3 is 12.0 Å². The van der Waals surface area contributed by atoms with Crippen LogP contribution >= 0.6 is 0 Å². The first-order valence-electron chi connectivity index (χ1n) is 10.5. The van der Waals surface area contributed by atoms with Gasteiger partial charge in [-0.05, 0) is 42.0 Å². The number of nitrogens with two attached hydrogens (primary N) is 1. The topological polar surface area (TPSA) is 81.9 Å². The van der Waals surface area contributed by atoms with E-state index in [0.717, 1.165) is 41.7 Å². The molecule has 2 N–H and O–H groups in total. The molecule has 3 atom stereocenters. The van der Waals surface area contributed by atoms with Gasteiger partial charge < -0.3 is 20.1 Å². The highest BCUT2D eigenvalue weighted by atomic mass is 16.5. The minimum Gasteiger partial charge on any atom is -0.496 e. The second kappa shape index (κ2) is 8.78. The van der Waals surface area contributed by atoms with E-state index in [1.165, 1.54) is 0 Å². The van der Waals surface area contributed by atoms with E-state index in [1.54, 1.807) is 12.0 Å². The van der Waals surface area contributed by atoms with E-state index < -0.39 is 6.03 Å². The number of piperidine rings is 1. The van der Waals surface area contributed by atoms with Crippen molar-refractivity contribution < 1.29 is 19.1 Å². The molecule has 6 heteroatoms. The number of nitrogens with zero attached hydrogens (tertiary/aromatic N) is 1. The van der Waals surface area contributed by atoms with Crippen molar-refractivity contribution in [3.05, 3.63) is 65.2 Å². The molecule has 1 heterocycles. The van der Waals surface area contributed by atoms with Crippen molar-refractivity contribution >= 4 is 12.0 Å². The van der Waals surface area contributed by atoms with Gasteiger partial charge in [-0.3, -0.25) is 4.79 Å². The van der Waals surface area contributed by atoms with E-state index in [-0.39, 0.29) is 23.9 Å². The van der Waals surface area contributed by atoms with Crippen molar-refractivity contribution in [2.45, 2.75) is 43.6 Å². The second-order valence-corrected chi connectivity index (χ2v) is 8.04. The van der Waals surface area contributed by atoms with Gasteiger partial charge in [0.05, 0.1) is 13.0 Å². The van der Waals surface area contributed by atoms with Gasteiger partial charge in [-0.1, -0.05) is 42.5 Å². The predicted octanol–water partition coefficient (Wildman–Crippen LogP) is 3.60. The van der Waals surface area contributed by atoms with E-state index in [1.807, 2.05) is 48.5 Å². The van der Waals surface area contributed by atoms with Gasteiger partial charge in [0.1, 0.15) is 11.9 Å². The van der Waals surface area contributed by atoms with E-state index in [2.05, 4.69) is 0 Å². The molecule has 2 amide bonds. The fourth-order valence-electron chi connectivity index (χ4n) is 4.77. The molecule has 158 valence electrons. The van der Waals surface area contributed by atoms with Crippen molar-refractivity contribution in [3.8, 4) is 5.75 Å². The summed E-state index contributed by atoms with van der Waals surface area (Å²) in [6.07, 6.45) is 2.90. The molecule has 4 rings (SSSR count). The van der Waals surface area contributed by atoms with E-state index in [4.69, 9.17) is 15.2 Å². The molecule has 2 aromatic carbocycles. The van der Waals surface area contributed by atoms with Crippen LogP contribution in [0.2, 0.25) is 0 Å². The zero-order valence-corrected chi connectivity index (χ0v) is 17.3. The number of rotatable bonds is 4. The maximum atomic E-state index is 13.3. The number of hydrogen-bond donors (Lipinski definition) is 1. The van der Waals surface area contributed by atoms with Gasteiger partial charge in [0.15, 0.2) is 0 Å². The predicted molar refractivity (Wildman–Crippen MR) is 114 cm³/mol. The van der Waals surface area contributed by atoms with Crippen molar-refractivity contribution in [1.29, 1.82) is 0 Å². The molecule has 1 fully saturated rings. The third-order valence-electron chi connectivity index (χ3n) is 6.33. The Kier molecular flexibility index (Phi) is 5.93. The summed E-state index contributed by atoms with van der Waals surface area (Å²) >= 11 is 0. The van der Waals surface area contributed by atoms with Crippen molar-refractivity contribution in [2.75, 3.05) is 20.2 Å². The highest BCUT2D eigenvalue weighted by Crippen LogP contribution is 2.38. The number of ether oxygens (including phenoxy) is 2. The van der Waals surface area contributed by atoms with Crippen LogP contribution in [0.4, 0.5) is 4.79 Å². The lowest BCUT2D eigenvalue weighted by Gasteiger charge is -2.38. The summed E-state index contributed by atoms with van der Waals surface area (Å²) in [6.45, 7) is 0.943. The molecule has 1 aliphatic carbocycles. The molecule has 0 saturated carbocycles. The number of benzene rings is 2. The highest BCUT2D eigenvalue weighted by molar-refractivity contribution is 5.80. The first kappa shape index (κ1) is 20.3. The molecule has 0 spiro atoms. The smallest absolute Gasteiger partial charge is 0.314 e. The Morgan fingerprint density at radius 1 is 1.07 bits per heavy atom. The zero-order valence-electron chi connectivity index (χ0n) is 17.3. The number of urea groups is 1. The molecule has 1 saturated heterocycles. The van der Waals surface area contributed by atoms with Crippen molar-refractivity contribution in [2.24, 2.45) is 5.73 Å². The summed E-state index contributed by atoms with van der Waals surface area (Å²) in [5, 5.41) is 0. The second-order valence-electron chi connectivity index (χ2n) is 8.04. The fourth-order valence-corrected chi connectivity index (χ4v) is 4.77. The Balaban J connectivity index is 1.56. The van der Waals surface area contributed by atoms with Crippen LogP contribution in [0.15, 0.2) is 48.5 Å². The normalized spacial score (nSPS) is 23.4. The molecule has 0 aromatic heterocycles. The first-order chi connectivity index (χ1) is 14.6. The molecule has 0 bridgehead atoms. The third-order valence-corrected chi connectivity index (χ3v) is 6.33. The number of methoxy groups -OCH3 is 1. The van der Waals surface area contributed by atoms with Crippen LogP contribution in [0, 0.1) is 0 Å². The molecule has 1 aliphatic heterocycles. The lowest BCUT2D eigenvalue weighted by atomic mass is 9.82. The average Bonchev–Trinajstić information content (AvgIpc) is 2.78. The van der Waals surface area contributed by atoms with Gasteiger partial charge in [-0.15, -0.1) is 0 Å². The Hall–Kier alpha value is -3.02. The fraction of sp³-hybridized carbons (Fsp3) is 0.417. The molecule has 2 aromatic rings. The number of carbonyl (C=O) groups excluding carboxylic acids is 2. The van der Waals surface area contributed by atoms with Crippen LogP contribution < -0.4 is 10.5 Å². The van der Waals surface area contributed by atoms with Crippen LogP contribution in [0.25, 0.3) is 0 Å². The summed E-state index contributed by atoms with van der Waals surface area (Å²) in [6, 6.07) is 15.3. The number of likely N-dealkylation sites (tertiary alicyclic amines) is 1. The minimum atomic E-state index is -0.436. The molecular formula is C24H28N2O4. The minimum absolute atomic E-state index is 0.0928. The van der Waals surface area contributed by atoms with Crippen LogP contribution in [0.1, 0.15) is 47.8 Å². The summed E-state index contributed by atoms with van der Waals surface area (Å²) < 4.78 is 11.6. The third kappa shape index (κ3) is 3.99. The zero-order chi connectivity index (χ0) is 21.1. The molecule has 3 unspecified atom stereocenters. The van der Waals surface area contributed by atoms with Crippen molar-refractivity contribution in [3.63, 3.8) is 0 Å². The van der Waals surface area contributed by atoms with E-state index in [9.17, 15) is 9.59 Å². The largest absolute Gasteiger partial charge is 0.496 e. The van der Waals surface area contributed by atoms with E-state index in [0.29, 0.717) is 19.5 Å². The van der Waals surface area contributed by atoms with Gasteiger partial charge in [-0.2, -0.15) is 0 Å². The standard InChI is InChI=1S/C24H28N2O4/c1-29-21-12-6-9-17-18(21)10-5-11-19(17)23(27)30-22-13-14-26(24(25)28)15-20(22)16-7-3-2-4-8-16/h2-4,6-9,12,19-20,22H,5,10-11,13-15H2,1H3,(H2,25,28). The summed E-state index contributed by atoms with van der Waals surface area (Å²) in [5.41, 5.74) is 8.69. The SMILES string of the molecule is COc1cccc2c1CCCC2C(=O)OC1CCN(C(N)=O)CC1c1ccccc1. The number of esters is 1. The lowest BCUT2D eigenvalue weighted by molar-refractivity contribution is -0.154. The van der Waals surface area contributed by atoms with E-state index >= 15 is 0 Å². The lowest BCUT2D eigenvalue weighted by Crippen LogP contribution is -2.48. The summed E-state index contributed by atoms with van der Waals surface area (Å²) in [5.74, 6) is 0.267. The van der Waals surface area contributed by atoms with Crippen LogP contribution in [-0.2, 0) is 16.0 Å². The Labute approximate surface area is 177 Å². The molecule has 6 nitrogen and oxygen atoms in total. The van der Waals surface area contributed by atoms with Gasteiger partial charge in [-0.25, -0.2) is 4.79 Å².